The number of benzene rings is 3. The molecule has 0 nitrogen and oxygen atoms in total. The molecule has 0 bridgehead atoms. The Balaban J connectivity index is 2.08. The van der Waals surface area contributed by atoms with Crippen molar-refractivity contribution in [1.82, 2.24) is 0 Å². The molecule has 3 aromatic rings. The van der Waals surface area contributed by atoms with E-state index < -0.39 is 0 Å². The van der Waals surface area contributed by atoms with E-state index in [1.807, 2.05) is 66.7 Å². The van der Waals surface area contributed by atoms with Crippen molar-refractivity contribution in [3.05, 3.63) is 95.6 Å². The predicted molar refractivity (Wildman–Crippen MR) is 92.2 cm³/mol. The van der Waals surface area contributed by atoms with Gasteiger partial charge in [-0.15, -0.1) is 6.42 Å². The fourth-order valence-corrected chi connectivity index (χ4v) is 2.33. The van der Waals surface area contributed by atoms with Gasteiger partial charge in [-0.05, 0) is 29.3 Å². The zero-order valence-corrected chi connectivity index (χ0v) is 12.1. The van der Waals surface area contributed by atoms with Gasteiger partial charge in [0.1, 0.15) is 0 Å². The molecular weight excluding hydrogens is 264 g/mol. The van der Waals surface area contributed by atoms with Crippen LogP contribution in [0.3, 0.4) is 0 Å². The number of rotatable bonds is 1. The number of hydrogen-bond acceptors (Lipinski definition) is 0. The summed E-state index contributed by atoms with van der Waals surface area (Å²) < 4.78 is 0. The third kappa shape index (κ3) is 2.93. The molecule has 3 rings (SSSR count). The molecule has 0 aliphatic heterocycles. The molecule has 0 saturated heterocycles. The van der Waals surface area contributed by atoms with E-state index in [2.05, 4.69) is 29.9 Å². The molecule has 102 valence electrons. The minimum absolute atomic E-state index is 0.845. The number of terminal acetylenes is 1. The van der Waals surface area contributed by atoms with Crippen LogP contribution in [-0.2, 0) is 0 Å². The van der Waals surface area contributed by atoms with Crippen LogP contribution >= 0.6 is 0 Å². The monoisotopic (exact) mass is 278 g/mol. The molecule has 0 aliphatic carbocycles. The second-order valence-corrected chi connectivity index (χ2v) is 4.85. The molecule has 0 unspecified atom stereocenters. The lowest BCUT2D eigenvalue weighted by molar-refractivity contribution is 1.55. The second kappa shape index (κ2) is 6.49. The van der Waals surface area contributed by atoms with E-state index in [-0.39, 0.29) is 0 Å². The van der Waals surface area contributed by atoms with Gasteiger partial charge in [-0.3, -0.25) is 0 Å². The van der Waals surface area contributed by atoms with Crippen LogP contribution in [0, 0.1) is 24.2 Å². The molecule has 0 amide bonds. The highest BCUT2D eigenvalue weighted by Gasteiger charge is 2.06. The smallest absolute Gasteiger partial charge is 0.0477 e. The normalized spacial score (nSPS) is 9.41. The summed E-state index contributed by atoms with van der Waals surface area (Å²) in [7, 11) is 0. The molecule has 0 saturated carbocycles. The largest absolute Gasteiger partial charge is 0.115 e. The Labute approximate surface area is 131 Å². The minimum atomic E-state index is 0.845. The van der Waals surface area contributed by atoms with Crippen LogP contribution in [0.15, 0.2) is 78.9 Å². The zero-order chi connectivity index (χ0) is 15.2. The maximum atomic E-state index is 5.74. The summed E-state index contributed by atoms with van der Waals surface area (Å²) in [6.45, 7) is 0. The van der Waals surface area contributed by atoms with E-state index in [1.54, 1.807) is 0 Å². The molecule has 0 heteroatoms. The van der Waals surface area contributed by atoms with E-state index in [1.165, 1.54) is 0 Å². The van der Waals surface area contributed by atoms with Gasteiger partial charge in [0, 0.05) is 16.7 Å². The van der Waals surface area contributed by atoms with Crippen molar-refractivity contribution in [2.75, 3.05) is 0 Å². The molecule has 22 heavy (non-hydrogen) atoms. The van der Waals surface area contributed by atoms with Crippen LogP contribution in [-0.4, -0.2) is 0 Å². The summed E-state index contributed by atoms with van der Waals surface area (Å²) in [6, 6.07) is 26.1. The van der Waals surface area contributed by atoms with E-state index >= 15 is 0 Å². The maximum absolute atomic E-state index is 5.74. The van der Waals surface area contributed by atoms with Crippen LogP contribution in [0.5, 0.6) is 0 Å². The summed E-state index contributed by atoms with van der Waals surface area (Å²) in [5, 5.41) is 0. The van der Waals surface area contributed by atoms with Gasteiger partial charge in [0.2, 0.25) is 0 Å². The van der Waals surface area contributed by atoms with Crippen LogP contribution in [0.2, 0.25) is 0 Å². The van der Waals surface area contributed by atoms with E-state index in [0.29, 0.717) is 0 Å². The van der Waals surface area contributed by atoms with Crippen molar-refractivity contribution in [1.29, 1.82) is 0 Å². The first-order valence-corrected chi connectivity index (χ1v) is 7.10. The summed E-state index contributed by atoms with van der Waals surface area (Å²) >= 11 is 0. The SMILES string of the molecule is C#Cc1c(C#Cc2ccccc2)cccc1-c1ccccc1. The lowest BCUT2D eigenvalue weighted by Crippen LogP contribution is -1.89. The summed E-state index contributed by atoms with van der Waals surface area (Å²) in [6.07, 6.45) is 5.74. The van der Waals surface area contributed by atoms with Crippen molar-refractivity contribution in [3.8, 4) is 35.3 Å². The molecule has 0 aliphatic rings. The van der Waals surface area contributed by atoms with Crippen molar-refractivity contribution in [2.24, 2.45) is 0 Å². The molecular formula is C22H14. The first-order valence-electron chi connectivity index (χ1n) is 7.10. The molecule has 0 fully saturated rings. The molecule has 0 N–H and O–H groups in total. The average Bonchev–Trinajstić information content (AvgIpc) is 2.61. The lowest BCUT2D eigenvalue weighted by atomic mass is 9.96. The fraction of sp³-hybridized carbons (Fsp3) is 0. The van der Waals surface area contributed by atoms with Crippen LogP contribution < -0.4 is 0 Å². The molecule has 0 aromatic heterocycles. The van der Waals surface area contributed by atoms with Crippen LogP contribution in [0.25, 0.3) is 11.1 Å². The maximum Gasteiger partial charge on any atom is 0.0477 e. The van der Waals surface area contributed by atoms with Crippen molar-refractivity contribution in [2.45, 2.75) is 0 Å². The third-order valence-electron chi connectivity index (χ3n) is 3.41. The van der Waals surface area contributed by atoms with Gasteiger partial charge >= 0.3 is 0 Å². The molecule has 0 atom stereocenters. The highest BCUT2D eigenvalue weighted by Crippen LogP contribution is 2.25. The standard InChI is InChI=1S/C22H14/c1-2-21-20(17-16-18-10-5-3-6-11-18)14-9-15-22(21)19-12-7-4-8-13-19/h1,3-15H. The first-order chi connectivity index (χ1) is 10.9. The second-order valence-electron chi connectivity index (χ2n) is 4.85. The molecule has 0 radical (unpaired) electrons. The lowest BCUT2D eigenvalue weighted by Gasteiger charge is -2.07. The fourth-order valence-electron chi connectivity index (χ4n) is 2.33. The minimum Gasteiger partial charge on any atom is -0.115 e. The van der Waals surface area contributed by atoms with E-state index in [0.717, 1.165) is 27.8 Å². The Bertz CT molecular complexity index is 870. The van der Waals surface area contributed by atoms with Gasteiger partial charge in [0.15, 0.2) is 0 Å². The molecule has 3 aromatic carbocycles. The van der Waals surface area contributed by atoms with E-state index in [4.69, 9.17) is 6.42 Å². The molecule has 0 heterocycles. The highest BCUT2D eigenvalue weighted by atomic mass is 14.1. The molecule has 0 spiro atoms. The van der Waals surface area contributed by atoms with Gasteiger partial charge in [-0.1, -0.05) is 78.4 Å². The van der Waals surface area contributed by atoms with Crippen molar-refractivity contribution >= 4 is 0 Å². The summed E-state index contributed by atoms with van der Waals surface area (Å²) in [4.78, 5) is 0. The first kappa shape index (κ1) is 13.7. The van der Waals surface area contributed by atoms with Gasteiger partial charge in [-0.25, -0.2) is 0 Å². The highest BCUT2D eigenvalue weighted by molar-refractivity contribution is 5.74. The number of hydrogen-bond donors (Lipinski definition) is 0. The van der Waals surface area contributed by atoms with Gasteiger partial charge < -0.3 is 0 Å². The summed E-state index contributed by atoms with van der Waals surface area (Å²) in [5.74, 6) is 9.16. The third-order valence-corrected chi connectivity index (χ3v) is 3.41. The van der Waals surface area contributed by atoms with Crippen LogP contribution in [0.1, 0.15) is 16.7 Å². The Morgan fingerprint density at radius 2 is 1.32 bits per heavy atom. The van der Waals surface area contributed by atoms with Crippen LogP contribution in [0.4, 0.5) is 0 Å². The quantitative estimate of drug-likeness (QED) is 0.564. The summed E-state index contributed by atoms with van der Waals surface area (Å²) in [5.41, 5.74) is 4.86. The Kier molecular flexibility index (Phi) is 4.05. The Morgan fingerprint density at radius 1 is 0.636 bits per heavy atom. The van der Waals surface area contributed by atoms with Gasteiger partial charge in [-0.2, -0.15) is 0 Å². The zero-order valence-electron chi connectivity index (χ0n) is 12.1. The Hall–Kier alpha value is -3.22. The van der Waals surface area contributed by atoms with Gasteiger partial charge in [0.25, 0.3) is 0 Å². The van der Waals surface area contributed by atoms with Crippen molar-refractivity contribution < 1.29 is 0 Å². The van der Waals surface area contributed by atoms with Crippen molar-refractivity contribution in [3.63, 3.8) is 0 Å². The predicted octanol–water partition coefficient (Wildman–Crippen LogP) is 4.73. The topological polar surface area (TPSA) is 0 Å². The average molecular weight is 278 g/mol. The van der Waals surface area contributed by atoms with Gasteiger partial charge in [0.05, 0.1) is 0 Å². The Morgan fingerprint density at radius 3 is 2.00 bits per heavy atom. The van der Waals surface area contributed by atoms with E-state index in [9.17, 15) is 0 Å².